The highest BCUT2D eigenvalue weighted by Crippen LogP contribution is 2.23. The average molecular weight is 299 g/mol. The molecule has 0 spiro atoms. The fourth-order valence-corrected chi connectivity index (χ4v) is 1.48. The first-order valence-corrected chi connectivity index (χ1v) is 4.30. The Morgan fingerprint density at radius 3 is 2.62 bits per heavy atom. The molecule has 3 nitrogen and oxygen atoms in total. The van der Waals surface area contributed by atoms with Crippen LogP contribution in [0.3, 0.4) is 0 Å². The molecule has 0 amide bonds. The Hall–Kier alpha value is -0.790. The van der Waals surface area contributed by atoms with Crippen molar-refractivity contribution in [3.05, 3.63) is 31.2 Å². The molecule has 1 heterocycles. The summed E-state index contributed by atoms with van der Waals surface area (Å²) in [7, 11) is 0. The Morgan fingerprint density at radius 1 is 1.54 bits per heavy atom. The second-order valence-corrected chi connectivity index (χ2v) is 3.31. The molecular weight excluding hydrogens is 295 g/mol. The van der Waals surface area contributed by atoms with E-state index < -0.39 is 17.5 Å². The van der Waals surface area contributed by atoms with Crippen molar-refractivity contribution in [2.24, 2.45) is 0 Å². The number of hydrogen-bond acceptors (Lipinski definition) is 2. The molecule has 1 N–H and O–H groups in total. The van der Waals surface area contributed by atoms with E-state index in [4.69, 9.17) is 0 Å². The molecule has 70 valence electrons. The van der Waals surface area contributed by atoms with Crippen LogP contribution in [0.15, 0.2) is 10.9 Å². The van der Waals surface area contributed by atoms with E-state index in [9.17, 15) is 18.4 Å². The number of hydrogen-bond donors (Lipinski definition) is 1. The van der Waals surface area contributed by atoms with E-state index in [-0.39, 0.29) is 9.26 Å². The minimum atomic E-state index is -2.74. The molecule has 0 aliphatic carbocycles. The third-order valence-corrected chi connectivity index (χ3v) is 2.59. The maximum absolute atomic E-state index is 12.3. The zero-order valence-corrected chi connectivity index (χ0v) is 8.34. The summed E-state index contributed by atoms with van der Waals surface area (Å²) in [4.78, 5) is 23.3. The maximum atomic E-state index is 12.3. The second kappa shape index (κ2) is 3.95. The fraction of sp³-hybridized carbons (Fsp3) is 0.143. The van der Waals surface area contributed by atoms with Crippen LogP contribution in [0.25, 0.3) is 0 Å². The van der Waals surface area contributed by atoms with E-state index >= 15 is 0 Å². The van der Waals surface area contributed by atoms with Crippen LogP contribution in [-0.4, -0.2) is 11.3 Å². The van der Waals surface area contributed by atoms with Gasteiger partial charge in [-0.25, -0.2) is 8.78 Å². The highest BCUT2D eigenvalue weighted by molar-refractivity contribution is 14.1. The fourth-order valence-electron chi connectivity index (χ4n) is 0.824. The summed E-state index contributed by atoms with van der Waals surface area (Å²) >= 11 is 1.59. The van der Waals surface area contributed by atoms with Crippen LogP contribution in [0.2, 0.25) is 0 Å². The van der Waals surface area contributed by atoms with E-state index in [0.717, 1.165) is 6.07 Å². The van der Waals surface area contributed by atoms with Crippen molar-refractivity contribution >= 4 is 28.9 Å². The number of aldehydes is 1. The molecule has 0 unspecified atom stereocenters. The van der Waals surface area contributed by atoms with Crippen LogP contribution < -0.4 is 5.56 Å². The van der Waals surface area contributed by atoms with Gasteiger partial charge in [-0.05, 0) is 22.6 Å². The highest BCUT2D eigenvalue weighted by atomic mass is 127. The first-order chi connectivity index (χ1) is 6.06. The number of carbonyl (C=O) groups excluding carboxylic acids is 1. The van der Waals surface area contributed by atoms with Gasteiger partial charge in [0.2, 0.25) is 5.56 Å². The molecule has 0 atom stereocenters. The van der Waals surface area contributed by atoms with Crippen LogP contribution in [0.1, 0.15) is 22.5 Å². The Balaban J connectivity index is 3.44. The molecule has 0 aliphatic heterocycles. The number of aromatic amines is 1. The summed E-state index contributed by atoms with van der Waals surface area (Å²) in [6, 6.07) is 0.791. The molecule has 1 aromatic heterocycles. The molecule has 0 saturated carbocycles. The van der Waals surface area contributed by atoms with Crippen LogP contribution in [0.4, 0.5) is 8.78 Å². The lowest BCUT2D eigenvalue weighted by Crippen LogP contribution is -2.12. The lowest BCUT2D eigenvalue weighted by Gasteiger charge is -2.03. The zero-order valence-electron chi connectivity index (χ0n) is 6.18. The zero-order chi connectivity index (χ0) is 10.0. The van der Waals surface area contributed by atoms with E-state index in [1.807, 2.05) is 0 Å². The molecule has 1 rings (SSSR count). The Kier molecular flexibility index (Phi) is 3.12. The van der Waals surface area contributed by atoms with Crippen LogP contribution in [-0.2, 0) is 0 Å². The van der Waals surface area contributed by atoms with Gasteiger partial charge in [0.25, 0.3) is 6.43 Å². The van der Waals surface area contributed by atoms with Gasteiger partial charge in [-0.2, -0.15) is 0 Å². The van der Waals surface area contributed by atoms with Gasteiger partial charge in [0.05, 0.1) is 5.69 Å². The van der Waals surface area contributed by atoms with Gasteiger partial charge in [0, 0.05) is 15.2 Å². The molecule has 0 fully saturated rings. The van der Waals surface area contributed by atoms with Crippen molar-refractivity contribution in [3.63, 3.8) is 0 Å². The maximum Gasteiger partial charge on any atom is 0.265 e. The second-order valence-electron chi connectivity index (χ2n) is 2.24. The van der Waals surface area contributed by atoms with E-state index in [0.29, 0.717) is 6.29 Å². The summed E-state index contributed by atoms with van der Waals surface area (Å²) in [5.41, 5.74) is -1.22. The summed E-state index contributed by atoms with van der Waals surface area (Å²) in [6.45, 7) is 0. The molecule has 13 heavy (non-hydrogen) atoms. The number of carbonyl (C=O) groups is 1. The average Bonchev–Trinajstić information content (AvgIpc) is 2.08. The molecular formula is C7H4F2INO2. The lowest BCUT2D eigenvalue weighted by atomic mass is 10.2. The smallest absolute Gasteiger partial charge is 0.265 e. The third kappa shape index (κ3) is 2.11. The Bertz CT molecular complexity index is 389. The number of pyridine rings is 1. The Labute approximate surface area is 85.3 Å². The normalized spacial score (nSPS) is 10.5. The molecule has 0 aliphatic rings. The number of alkyl halides is 2. The van der Waals surface area contributed by atoms with Gasteiger partial charge in [0.15, 0.2) is 6.29 Å². The molecule has 0 saturated heterocycles. The summed E-state index contributed by atoms with van der Waals surface area (Å²) in [5.74, 6) is 0. The summed E-state index contributed by atoms with van der Waals surface area (Å²) < 4.78 is 24.6. The Morgan fingerprint density at radius 2 is 2.15 bits per heavy atom. The number of rotatable bonds is 2. The van der Waals surface area contributed by atoms with Gasteiger partial charge in [-0.1, -0.05) is 0 Å². The van der Waals surface area contributed by atoms with Crippen molar-refractivity contribution in [3.8, 4) is 0 Å². The van der Waals surface area contributed by atoms with E-state index in [1.54, 1.807) is 22.6 Å². The largest absolute Gasteiger partial charge is 0.319 e. The van der Waals surface area contributed by atoms with Crippen molar-refractivity contribution in [1.29, 1.82) is 0 Å². The van der Waals surface area contributed by atoms with Crippen molar-refractivity contribution in [1.82, 2.24) is 4.98 Å². The number of halogens is 3. The van der Waals surface area contributed by atoms with Crippen LogP contribution in [0, 0.1) is 3.57 Å². The molecule has 0 aromatic carbocycles. The first kappa shape index (κ1) is 10.3. The number of aromatic nitrogens is 1. The predicted octanol–water partition coefficient (Wildman–Crippen LogP) is 1.73. The predicted molar refractivity (Wildman–Crippen MR) is 50.1 cm³/mol. The van der Waals surface area contributed by atoms with Crippen LogP contribution in [0.5, 0.6) is 0 Å². The summed E-state index contributed by atoms with van der Waals surface area (Å²) in [6.07, 6.45) is -2.40. The molecule has 0 radical (unpaired) electrons. The number of H-pyrrole nitrogens is 1. The molecule has 1 aromatic rings. The monoisotopic (exact) mass is 299 g/mol. The topological polar surface area (TPSA) is 49.9 Å². The molecule has 6 heteroatoms. The quantitative estimate of drug-likeness (QED) is 0.668. The number of nitrogens with one attached hydrogen (secondary N) is 1. The lowest BCUT2D eigenvalue weighted by molar-refractivity contribution is 0.111. The van der Waals surface area contributed by atoms with E-state index in [2.05, 4.69) is 4.98 Å². The minimum Gasteiger partial charge on any atom is -0.319 e. The van der Waals surface area contributed by atoms with Gasteiger partial charge in [0.1, 0.15) is 0 Å². The molecule has 0 bridgehead atoms. The minimum absolute atomic E-state index is 0.0854. The first-order valence-electron chi connectivity index (χ1n) is 3.22. The SMILES string of the molecule is O=Cc1[nH]c(=O)cc(C(F)F)c1I. The van der Waals surface area contributed by atoms with Gasteiger partial charge < -0.3 is 4.98 Å². The van der Waals surface area contributed by atoms with Crippen molar-refractivity contribution in [2.75, 3.05) is 0 Å². The standard InChI is InChI=1S/C7H4F2INO2/c8-7(9)3-1-5(13)11-4(2-12)6(3)10/h1-2,7H,(H,11,13). The van der Waals surface area contributed by atoms with Crippen LogP contribution >= 0.6 is 22.6 Å². The van der Waals surface area contributed by atoms with Gasteiger partial charge >= 0.3 is 0 Å². The van der Waals surface area contributed by atoms with Gasteiger partial charge in [-0.3, -0.25) is 9.59 Å². The van der Waals surface area contributed by atoms with Crippen molar-refractivity contribution in [2.45, 2.75) is 6.43 Å². The third-order valence-electron chi connectivity index (χ3n) is 1.39. The van der Waals surface area contributed by atoms with Gasteiger partial charge in [-0.15, -0.1) is 0 Å². The van der Waals surface area contributed by atoms with Crippen molar-refractivity contribution < 1.29 is 13.6 Å². The highest BCUT2D eigenvalue weighted by Gasteiger charge is 2.15. The van der Waals surface area contributed by atoms with E-state index in [1.165, 1.54) is 0 Å². The summed E-state index contributed by atoms with van der Waals surface area (Å²) in [5, 5.41) is 0.